The van der Waals surface area contributed by atoms with E-state index in [1.54, 1.807) is 10.9 Å². The van der Waals surface area contributed by atoms with Crippen LogP contribution in [0.1, 0.15) is 41.5 Å². The molecule has 0 spiro atoms. The topological polar surface area (TPSA) is 69.5 Å². The first kappa shape index (κ1) is 20.9. The number of amides is 1. The molecule has 7 heteroatoms. The Morgan fingerprint density at radius 3 is 2.45 bits per heavy atom. The summed E-state index contributed by atoms with van der Waals surface area (Å²) in [5.41, 5.74) is 2.54. The molecule has 1 aromatic carbocycles. The van der Waals surface area contributed by atoms with E-state index in [2.05, 4.69) is 10.1 Å². The number of ether oxygens (including phenoxy) is 2. The van der Waals surface area contributed by atoms with Gasteiger partial charge in [-0.15, -0.1) is 0 Å². The lowest BCUT2D eigenvalue weighted by Gasteiger charge is -2.32. The van der Waals surface area contributed by atoms with Crippen LogP contribution in [0.3, 0.4) is 0 Å². The van der Waals surface area contributed by atoms with Crippen LogP contribution in [0.2, 0.25) is 0 Å². The summed E-state index contributed by atoms with van der Waals surface area (Å²) >= 11 is 0. The molecule has 1 fully saturated rings. The predicted molar refractivity (Wildman–Crippen MR) is 118 cm³/mol. The summed E-state index contributed by atoms with van der Waals surface area (Å²) in [5, 5.41) is 4.44. The minimum atomic E-state index is 0.000541. The van der Waals surface area contributed by atoms with Crippen molar-refractivity contribution >= 4 is 5.91 Å². The van der Waals surface area contributed by atoms with Gasteiger partial charge < -0.3 is 14.4 Å². The highest BCUT2D eigenvalue weighted by atomic mass is 16.5. The standard InChI is InChI=1S/C24H28N4O3/c1-4-30-21-7-5-6-8-22(21)31-20-11-13-27(14-12-20)24(29)19-9-10-23(25-16-19)28-18(3)15-17(2)26-28/h5-10,15-16,20H,4,11-14H2,1-3H3. The largest absolute Gasteiger partial charge is 0.490 e. The third-order valence-corrected chi connectivity index (χ3v) is 5.39. The molecular formula is C24H28N4O3. The van der Waals surface area contributed by atoms with Crippen molar-refractivity contribution in [3.8, 4) is 17.3 Å². The molecule has 0 N–H and O–H groups in total. The molecule has 0 bridgehead atoms. The van der Waals surface area contributed by atoms with Gasteiger partial charge in [0.25, 0.3) is 5.91 Å². The summed E-state index contributed by atoms with van der Waals surface area (Å²) in [7, 11) is 0. The maximum Gasteiger partial charge on any atom is 0.255 e. The first-order valence-corrected chi connectivity index (χ1v) is 10.7. The molecule has 1 aliphatic rings. The molecule has 162 valence electrons. The second-order valence-corrected chi connectivity index (χ2v) is 7.73. The van der Waals surface area contributed by atoms with Gasteiger partial charge in [0.1, 0.15) is 6.10 Å². The Bertz CT molecular complexity index is 1040. The van der Waals surface area contributed by atoms with Crippen molar-refractivity contribution in [1.29, 1.82) is 0 Å². The second kappa shape index (κ2) is 9.20. The van der Waals surface area contributed by atoms with E-state index in [1.165, 1.54) is 0 Å². The van der Waals surface area contributed by atoms with E-state index in [0.29, 0.717) is 31.1 Å². The van der Waals surface area contributed by atoms with Crippen LogP contribution in [0, 0.1) is 13.8 Å². The predicted octanol–water partition coefficient (Wildman–Crippen LogP) is 3.97. The lowest BCUT2D eigenvalue weighted by atomic mass is 10.1. The number of aromatic nitrogens is 3. The Labute approximate surface area is 182 Å². The van der Waals surface area contributed by atoms with Gasteiger partial charge in [-0.2, -0.15) is 5.10 Å². The van der Waals surface area contributed by atoms with E-state index in [-0.39, 0.29) is 12.0 Å². The fourth-order valence-electron chi connectivity index (χ4n) is 3.86. The highest BCUT2D eigenvalue weighted by Crippen LogP contribution is 2.29. The van der Waals surface area contributed by atoms with Crippen molar-refractivity contribution in [2.75, 3.05) is 19.7 Å². The van der Waals surface area contributed by atoms with Crippen LogP contribution in [0.4, 0.5) is 0 Å². The molecule has 1 saturated heterocycles. The van der Waals surface area contributed by atoms with E-state index < -0.39 is 0 Å². The van der Waals surface area contributed by atoms with Gasteiger partial charge in [0.15, 0.2) is 17.3 Å². The second-order valence-electron chi connectivity index (χ2n) is 7.73. The number of aryl methyl sites for hydroxylation is 2. The number of hydrogen-bond donors (Lipinski definition) is 0. The van der Waals surface area contributed by atoms with Crippen molar-refractivity contribution in [2.24, 2.45) is 0 Å². The minimum absolute atomic E-state index is 0.000541. The maximum atomic E-state index is 12.9. The molecule has 4 rings (SSSR count). The van der Waals surface area contributed by atoms with Crippen LogP contribution >= 0.6 is 0 Å². The van der Waals surface area contributed by atoms with Gasteiger partial charge in [-0.05, 0) is 51.1 Å². The van der Waals surface area contributed by atoms with Gasteiger partial charge in [0, 0.05) is 37.8 Å². The number of hydrogen-bond acceptors (Lipinski definition) is 5. The van der Waals surface area contributed by atoms with Gasteiger partial charge in [0.2, 0.25) is 0 Å². The molecule has 31 heavy (non-hydrogen) atoms. The zero-order valence-electron chi connectivity index (χ0n) is 18.2. The quantitative estimate of drug-likeness (QED) is 0.604. The smallest absolute Gasteiger partial charge is 0.255 e. The van der Waals surface area contributed by atoms with E-state index in [0.717, 1.165) is 35.7 Å². The molecule has 0 atom stereocenters. The molecule has 0 radical (unpaired) electrons. The molecule has 1 aliphatic heterocycles. The Morgan fingerprint density at radius 2 is 1.84 bits per heavy atom. The SMILES string of the molecule is CCOc1ccccc1OC1CCN(C(=O)c2ccc(-n3nc(C)cc3C)nc2)CC1. The van der Waals surface area contributed by atoms with Gasteiger partial charge in [0.05, 0.1) is 17.9 Å². The van der Waals surface area contributed by atoms with Crippen molar-refractivity contribution in [1.82, 2.24) is 19.7 Å². The number of carbonyl (C=O) groups excluding carboxylic acids is 1. The molecule has 0 aliphatic carbocycles. The zero-order chi connectivity index (χ0) is 21.8. The van der Waals surface area contributed by atoms with Crippen LogP contribution in [-0.2, 0) is 0 Å². The molecule has 3 heterocycles. The summed E-state index contributed by atoms with van der Waals surface area (Å²) < 4.78 is 13.6. The highest BCUT2D eigenvalue weighted by molar-refractivity contribution is 5.94. The minimum Gasteiger partial charge on any atom is -0.490 e. The molecule has 0 unspecified atom stereocenters. The highest BCUT2D eigenvalue weighted by Gasteiger charge is 2.25. The number of carbonyl (C=O) groups is 1. The van der Waals surface area contributed by atoms with Crippen LogP contribution in [-0.4, -0.2) is 51.4 Å². The summed E-state index contributed by atoms with van der Waals surface area (Å²) in [4.78, 5) is 19.2. The number of likely N-dealkylation sites (tertiary alicyclic amines) is 1. The third kappa shape index (κ3) is 4.71. The van der Waals surface area contributed by atoms with E-state index >= 15 is 0 Å². The molecule has 2 aromatic heterocycles. The van der Waals surface area contributed by atoms with Crippen LogP contribution in [0.5, 0.6) is 11.5 Å². The van der Waals surface area contributed by atoms with Crippen molar-refractivity contribution in [2.45, 2.75) is 39.7 Å². The fraction of sp³-hybridized carbons (Fsp3) is 0.375. The summed E-state index contributed by atoms with van der Waals surface area (Å²) in [6, 6.07) is 13.4. The van der Waals surface area contributed by atoms with Crippen molar-refractivity contribution in [3.05, 3.63) is 65.6 Å². The molecular weight excluding hydrogens is 392 g/mol. The third-order valence-electron chi connectivity index (χ3n) is 5.39. The number of pyridine rings is 1. The van der Waals surface area contributed by atoms with Crippen LogP contribution in [0.25, 0.3) is 5.82 Å². The van der Waals surface area contributed by atoms with Gasteiger partial charge in [-0.3, -0.25) is 4.79 Å². The zero-order valence-corrected chi connectivity index (χ0v) is 18.2. The summed E-state index contributed by atoms with van der Waals surface area (Å²) in [5.74, 6) is 2.23. The monoisotopic (exact) mass is 420 g/mol. The maximum absolute atomic E-state index is 12.9. The number of nitrogens with zero attached hydrogens (tertiary/aromatic N) is 4. The first-order chi connectivity index (χ1) is 15.0. The molecule has 1 amide bonds. The average Bonchev–Trinajstić information content (AvgIpc) is 3.13. The Balaban J connectivity index is 1.36. The number of piperidine rings is 1. The number of rotatable bonds is 6. The Kier molecular flexibility index (Phi) is 6.21. The summed E-state index contributed by atoms with van der Waals surface area (Å²) in [6.45, 7) is 7.79. The van der Waals surface area contributed by atoms with Gasteiger partial charge >= 0.3 is 0 Å². The van der Waals surface area contributed by atoms with E-state index in [4.69, 9.17) is 9.47 Å². The van der Waals surface area contributed by atoms with Crippen LogP contribution < -0.4 is 9.47 Å². The fourth-order valence-corrected chi connectivity index (χ4v) is 3.86. The lowest BCUT2D eigenvalue weighted by Crippen LogP contribution is -2.41. The lowest BCUT2D eigenvalue weighted by molar-refractivity contribution is 0.0589. The van der Waals surface area contributed by atoms with Crippen molar-refractivity contribution < 1.29 is 14.3 Å². The summed E-state index contributed by atoms with van der Waals surface area (Å²) in [6.07, 6.45) is 3.26. The Morgan fingerprint density at radius 1 is 1.10 bits per heavy atom. The van der Waals surface area contributed by atoms with Gasteiger partial charge in [-0.25, -0.2) is 9.67 Å². The number of benzene rings is 1. The van der Waals surface area contributed by atoms with Crippen LogP contribution in [0.15, 0.2) is 48.7 Å². The molecule has 0 saturated carbocycles. The van der Waals surface area contributed by atoms with Gasteiger partial charge in [-0.1, -0.05) is 12.1 Å². The first-order valence-electron chi connectivity index (χ1n) is 10.7. The molecule has 3 aromatic rings. The van der Waals surface area contributed by atoms with Crippen molar-refractivity contribution in [3.63, 3.8) is 0 Å². The Hall–Kier alpha value is -3.35. The number of para-hydroxylation sites is 2. The van der Waals surface area contributed by atoms with E-state index in [9.17, 15) is 4.79 Å². The normalized spacial score (nSPS) is 14.5. The van der Waals surface area contributed by atoms with E-state index in [1.807, 2.05) is 68.1 Å². The molecule has 7 nitrogen and oxygen atoms in total. The average molecular weight is 421 g/mol.